The van der Waals surface area contributed by atoms with Crippen LogP contribution in [-0.4, -0.2) is 15.7 Å². The quantitative estimate of drug-likeness (QED) is 0.943. The Hall–Kier alpha value is -2.24. The fourth-order valence-corrected chi connectivity index (χ4v) is 2.41. The van der Waals surface area contributed by atoms with Crippen LogP contribution in [0.4, 0.5) is 8.78 Å². The Morgan fingerprint density at radius 2 is 1.91 bits per heavy atom. The van der Waals surface area contributed by atoms with E-state index in [1.54, 1.807) is 18.5 Å². The summed E-state index contributed by atoms with van der Waals surface area (Å²) in [6.45, 7) is 7.10. The number of aryl methyl sites for hydroxylation is 2. The van der Waals surface area contributed by atoms with E-state index in [0.717, 1.165) is 17.5 Å². The van der Waals surface area contributed by atoms with Crippen LogP contribution >= 0.6 is 0 Å². The van der Waals surface area contributed by atoms with Gasteiger partial charge in [0.2, 0.25) is 5.91 Å². The van der Waals surface area contributed by atoms with Gasteiger partial charge in [0, 0.05) is 17.3 Å². The molecule has 22 heavy (non-hydrogen) atoms. The lowest BCUT2D eigenvalue weighted by molar-refractivity contribution is -0.124. The van der Waals surface area contributed by atoms with E-state index in [0.29, 0.717) is 0 Å². The third kappa shape index (κ3) is 3.32. The first-order chi connectivity index (χ1) is 10.3. The summed E-state index contributed by atoms with van der Waals surface area (Å²) < 4.78 is 28.3. The Balaban J connectivity index is 2.12. The van der Waals surface area contributed by atoms with Gasteiger partial charge in [-0.3, -0.25) is 9.48 Å². The van der Waals surface area contributed by atoms with Crippen molar-refractivity contribution < 1.29 is 13.6 Å². The van der Waals surface area contributed by atoms with E-state index >= 15 is 0 Å². The molecule has 4 nitrogen and oxygen atoms in total. The monoisotopic (exact) mass is 307 g/mol. The van der Waals surface area contributed by atoms with Crippen LogP contribution in [-0.2, 0) is 4.79 Å². The van der Waals surface area contributed by atoms with Gasteiger partial charge in [-0.2, -0.15) is 5.10 Å². The number of nitrogens with one attached hydrogen (secondary N) is 1. The minimum absolute atomic E-state index is 0.246. The van der Waals surface area contributed by atoms with Crippen LogP contribution < -0.4 is 5.32 Å². The molecule has 0 bridgehead atoms. The van der Waals surface area contributed by atoms with E-state index in [1.807, 2.05) is 19.9 Å². The number of aromatic nitrogens is 2. The summed E-state index contributed by atoms with van der Waals surface area (Å²) in [5.41, 5.74) is 1.95. The van der Waals surface area contributed by atoms with Crippen molar-refractivity contribution in [1.82, 2.24) is 15.1 Å². The maximum absolute atomic E-state index is 13.7. The Morgan fingerprint density at radius 3 is 2.45 bits per heavy atom. The Kier molecular flexibility index (Phi) is 4.59. The zero-order chi connectivity index (χ0) is 16.4. The topological polar surface area (TPSA) is 46.9 Å². The average Bonchev–Trinajstić information content (AvgIpc) is 2.76. The molecule has 0 fully saturated rings. The van der Waals surface area contributed by atoms with Crippen LogP contribution in [0.3, 0.4) is 0 Å². The van der Waals surface area contributed by atoms with Crippen LogP contribution in [0.25, 0.3) is 0 Å². The molecule has 1 N–H and O–H groups in total. The summed E-state index contributed by atoms with van der Waals surface area (Å²) in [5.74, 6) is -1.59. The second kappa shape index (κ2) is 6.25. The number of rotatable bonds is 4. The number of carbonyl (C=O) groups excluding carboxylic acids is 1. The van der Waals surface area contributed by atoms with E-state index in [2.05, 4.69) is 10.4 Å². The second-order valence-electron chi connectivity index (χ2n) is 5.44. The summed E-state index contributed by atoms with van der Waals surface area (Å²) in [5, 5.41) is 7.00. The summed E-state index contributed by atoms with van der Waals surface area (Å²) in [4.78, 5) is 12.3. The highest BCUT2D eigenvalue weighted by Crippen LogP contribution is 2.19. The van der Waals surface area contributed by atoms with E-state index in [1.165, 1.54) is 12.1 Å². The number of nitrogens with zero attached hydrogens (tertiary/aromatic N) is 2. The highest BCUT2D eigenvalue weighted by molar-refractivity contribution is 5.80. The average molecular weight is 307 g/mol. The molecule has 0 saturated carbocycles. The number of hydrogen-bond donors (Lipinski definition) is 1. The molecule has 2 aromatic rings. The van der Waals surface area contributed by atoms with Crippen molar-refractivity contribution in [2.75, 3.05) is 0 Å². The van der Waals surface area contributed by atoms with Gasteiger partial charge in [-0.05, 0) is 39.8 Å². The molecule has 2 atom stereocenters. The smallest absolute Gasteiger partial charge is 0.245 e. The van der Waals surface area contributed by atoms with Gasteiger partial charge in [0.15, 0.2) is 0 Å². The third-order valence-corrected chi connectivity index (χ3v) is 3.58. The molecule has 0 aliphatic rings. The summed E-state index contributed by atoms with van der Waals surface area (Å²) in [6, 6.07) is 4.12. The minimum atomic E-state index is -0.674. The van der Waals surface area contributed by atoms with Crippen molar-refractivity contribution >= 4 is 5.91 Å². The molecule has 118 valence electrons. The van der Waals surface area contributed by atoms with Crippen LogP contribution in [0.1, 0.15) is 42.9 Å². The van der Waals surface area contributed by atoms with E-state index in [-0.39, 0.29) is 11.5 Å². The van der Waals surface area contributed by atoms with Crippen molar-refractivity contribution in [3.05, 3.63) is 52.9 Å². The van der Waals surface area contributed by atoms with Crippen molar-refractivity contribution in [1.29, 1.82) is 0 Å². The largest absolute Gasteiger partial charge is 0.348 e. The van der Waals surface area contributed by atoms with Gasteiger partial charge >= 0.3 is 0 Å². The van der Waals surface area contributed by atoms with E-state index < -0.39 is 23.7 Å². The van der Waals surface area contributed by atoms with E-state index in [9.17, 15) is 13.6 Å². The normalized spacial score (nSPS) is 13.7. The van der Waals surface area contributed by atoms with Crippen molar-refractivity contribution in [2.45, 2.75) is 39.8 Å². The fourth-order valence-electron chi connectivity index (χ4n) is 2.41. The zero-order valence-corrected chi connectivity index (χ0v) is 13.0. The first-order valence-corrected chi connectivity index (χ1v) is 7.07. The molecule has 1 aromatic carbocycles. The first-order valence-electron chi connectivity index (χ1n) is 7.07. The van der Waals surface area contributed by atoms with Crippen molar-refractivity contribution in [3.8, 4) is 0 Å². The molecule has 0 spiro atoms. The molecule has 6 heteroatoms. The van der Waals surface area contributed by atoms with Gasteiger partial charge in [-0.15, -0.1) is 0 Å². The second-order valence-corrected chi connectivity index (χ2v) is 5.44. The Morgan fingerprint density at radius 1 is 1.23 bits per heavy atom. The number of benzene rings is 1. The van der Waals surface area contributed by atoms with Crippen LogP contribution in [0.2, 0.25) is 0 Å². The predicted molar refractivity (Wildman–Crippen MR) is 79.3 cm³/mol. The molecule has 0 saturated heterocycles. The van der Waals surface area contributed by atoms with Crippen LogP contribution in [0.5, 0.6) is 0 Å². The lowest BCUT2D eigenvalue weighted by atomic mass is 10.1. The molecule has 0 radical (unpaired) electrons. The number of halogens is 2. The zero-order valence-electron chi connectivity index (χ0n) is 13.0. The van der Waals surface area contributed by atoms with Gasteiger partial charge in [0.05, 0.1) is 11.7 Å². The first kappa shape index (κ1) is 16.1. The molecular weight excluding hydrogens is 288 g/mol. The minimum Gasteiger partial charge on any atom is -0.348 e. The molecular formula is C16H19F2N3O. The van der Waals surface area contributed by atoms with Crippen molar-refractivity contribution in [2.24, 2.45) is 0 Å². The van der Waals surface area contributed by atoms with Gasteiger partial charge in [0.25, 0.3) is 0 Å². The number of carbonyl (C=O) groups is 1. The Bertz CT molecular complexity index is 697. The van der Waals surface area contributed by atoms with Gasteiger partial charge in [0.1, 0.15) is 17.7 Å². The maximum atomic E-state index is 13.7. The van der Waals surface area contributed by atoms with E-state index in [4.69, 9.17) is 0 Å². The SMILES string of the molecule is Cc1cc(C)n(C(C)C(=O)NC(C)c2ccc(F)cc2F)n1. The standard InChI is InChI=1S/C16H19F2N3O/c1-9-7-10(2)21(20-9)12(4)16(22)19-11(3)14-6-5-13(17)8-15(14)18/h5-8,11-12H,1-4H3,(H,19,22). The highest BCUT2D eigenvalue weighted by Gasteiger charge is 2.21. The summed E-state index contributed by atoms with van der Waals surface area (Å²) >= 11 is 0. The van der Waals surface area contributed by atoms with Gasteiger partial charge in [-0.25, -0.2) is 8.78 Å². The molecule has 1 aromatic heterocycles. The van der Waals surface area contributed by atoms with Gasteiger partial charge < -0.3 is 5.32 Å². The molecule has 1 heterocycles. The molecule has 2 rings (SSSR count). The summed E-state index contributed by atoms with van der Waals surface area (Å²) in [7, 11) is 0. The fraction of sp³-hybridized carbons (Fsp3) is 0.375. The lowest BCUT2D eigenvalue weighted by Crippen LogP contribution is -2.34. The van der Waals surface area contributed by atoms with Crippen LogP contribution in [0.15, 0.2) is 24.3 Å². The molecule has 0 aliphatic heterocycles. The molecule has 1 amide bonds. The van der Waals surface area contributed by atoms with Crippen molar-refractivity contribution in [3.63, 3.8) is 0 Å². The number of amides is 1. The number of hydrogen-bond acceptors (Lipinski definition) is 2. The highest BCUT2D eigenvalue weighted by atomic mass is 19.1. The molecule has 0 aliphatic carbocycles. The van der Waals surface area contributed by atoms with Crippen LogP contribution in [0, 0.1) is 25.5 Å². The van der Waals surface area contributed by atoms with Gasteiger partial charge in [-0.1, -0.05) is 6.07 Å². The predicted octanol–water partition coefficient (Wildman–Crippen LogP) is 3.22. The summed E-state index contributed by atoms with van der Waals surface area (Å²) in [6.07, 6.45) is 0. The molecule has 2 unspecified atom stereocenters. The third-order valence-electron chi connectivity index (χ3n) is 3.58. The lowest BCUT2D eigenvalue weighted by Gasteiger charge is -2.19. The maximum Gasteiger partial charge on any atom is 0.245 e. The Labute approximate surface area is 128 Å².